The van der Waals surface area contributed by atoms with Gasteiger partial charge in [0.25, 0.3) is 0 Å². The maximum atomic E-state index is 12.5. The first-order chi connectivity index (χ1) is 13.3. The lowest BCUT2D eigenvalue weighted by Gasteiger charge is -2.25. The van der Waals surface area contributed by atoms with E-state index < -0.39 is 9.84 Å². The number of hydrogen-bond acceptors (Lipinski definition) is 4. The smallest absolute Gasteiger partial charge is 0.248 e. The van der Waals surface area contributed by atoms with E-state index >= 15 is 0 Å². The zero-order chi connectivity index (χ0) is 19.9. The molecule has 4 rings (SSSR count). The molecule has 2 aliphatic heterocycles. The third-order valence-electron chi connectivity index (χ3n) is 5.72. The molecule has 1 aromatic rings. The van der Waals surface area contributed by atoms with Gasteiger partial charge in [0.1, 0.15) is 0 Å². The molecular weight excluding hydrogens is 439 g/mol. The second-order valence-corrected chi connectivity index (χ2v) is 11.9. The van der Waals surface area contributed by atoms with E-state index in [4.69, 9.17) is 23.2 Å². The third kappa shape index (κ3) is 4.23. The van der Waals surface area contributed by atoms with Gasteiger partial charge < -0.3 is 4.90 Å². The Bertz CT molecular complexity index is 914. The molecule has 1 saturated carbocycles. The van der Waals surface area contributed by atoms with E-state index in [9.17, 15) is 13.2 Å². The Labute approximate surface area is 179 Å². The highest BCUT2D eigenvalue weighted by molar-refractivity contribution is 8.16. The minimum Gasteiger partial charge on any atom is -0.314 e. The molecule has 1 aliphatic carbocycles. The van der Waals surface area contributed by atoms with Crippen LogP contribution in [0.1, 0.15) is 38.5 Å². The number of rotatable bonds is 4. The first-order valence-electron chi connectivity index (χ1n) is 9.56. The van der Waals surface area contributed by atoms with Crippen LogP contribution in [0.2, 0.25) is 10.0 Å². The van der Waals surface area contributed by atoms with Gasteiger partial charge in [-0.1, -0.05) is 66.7 Å². The van der Waals surface area contributed by atoms with E-state index in [1.165, 1.54) is 37.4 Å². The van der Waals surface area contributed by atoms with Crippen LogP contribution in [-0.2, 0) is 14.6 Å². The van der Waals surface area contributed by atoms with Crippen LogP contribution in [0.15, 0.2) is 23.2 Å². The molecule has 1 aromatic carbocycles. The van der Waals surface area contributed by atoms with E-state index in [0.29, 0.717) is 33.2 Å². The van der Waals surface area contributed by atoms with Crippen molar-refractivity contribution < 1.29 is 13.2 Å². The van der Waals surface area contributed by atoms with Crippen molar-refractivity contribution in [3.8, 4) is 0 Å². The van der Waals surface area contributed by atoms with Crippen LogP contribution in [0.4, 0.5) is 5.69 Å². The first kappa shape index (κ1) is 20.5. The first-order valence-corrected chi connectivity index (χ1v) is 13.0. The molecule has 1 amide bonds. The van der Waals surface area contributed by atoms with Gasteiger partial charge in [-0.25, -0.2) is 8.42 Å². The molecule has 3 aliphatic rings. The van der Waals surface area contributed by atoms with Crippen molar-refractivity contribution in [2.45, 2.75) is 49.8 Å². The summed E-state index contributed by atoms with van der Waals surface area (Å²) in [5.41, 5.74) is 0.605. The van der Waals surface area contributed by atoms with Crippen molar-refractivity contribution >= 4 is 61.6 Å². The summed E-state index contributed by atoms with van der Waals surface area (Å²) in [6.45, 7) is 0. The number of carbonyl (C=O) groups excluding carboxylic acids is 1. The average molecular weight is 461 g/mol. The predicted octanol–water partition coefficient (Wildman–Crippen LogP) is 4.57. The van der Waals surface area contributed by atoms with Crippen LogP contribution in [0.25, 0.3) is 0 Å². The average Bonchev–Trinajstić information content (AvgIpc) is 3.31. The summed E-state index contributed by atoms with van der Waals surface area (Å²) in [6, 6.07) is 4.96. The monoisotopic (exact) mass is 460 g/mol. The highest BCUT2D eigenvalue weighted by atomic mass is 35.5. The van der Waals surface area contributed by atoms with Gasteiger partial charge in [0.15, 0.2) is 15.0 Å². The largest absolute Gasteiger partial charge is 0.314 e. The summed E-state index contributed by atoms with van der Waals surface area (Å²) in [5.74, 6) is 0.596. The SMILES string of the molecule is O=C(CCC1CCCC1)N=C1S[C@@H]2CS(=O)(=O)C[C@@H]2N1c1cccc(Cl)c1Cl. The van der Waals surface area contributed by atoms with Gasteiger partial charge in [-0.3, -0.25) is 4.79 Å². The van der Waals surface area contributed by atoms with E-state index in [0.717, 1.165) is 6.42 Å². The van der Waals surface area contributed by atoms with Crippen molar-refractivity contribution in [2.24, 2.45) is 10.9 Å². The molecule has 0 unspecified atom stereocenters. The minimum atomic E-state index is -3.12. The minimum absolute atomic E-state index is 0.0305. The highest BCUT2D eigenvalue weighted by Gasteiger charge is 2.49. The van der Waals surface area contributed by atoms with Gasteiger partial charge in [0.05, 0.1) is 33.3 Å². The second kappa shape index (κ2) is 8.17. The maximum Gasteiger partial charge on any atom is 0.248 e. The second-order valence-electron chi connectivity index (χ2n) is 7.72. The molecule has 2 saturated heterocycles. The summed E-state index contributed by atoms with van der Waals surface area (Å²) < 4.78 is 24.3. The highest BCUT2D eigenvalue weighted by Crippen LogP contribution is 2.44. The lowest BCUT2D eigenvalue weighted by atomic mass is 10.0. The Kier molecular flexibility index (Phi) is 5.98. The number of anilines is 1. The topological polar surface area (TPSA) is 66.8 Å². The van der Waals surface area contributed by atoms with Crippen molar-refractivity contribution in [1.82, 2.24) is 0 Å². The zero-order valence-corrected chi connectivity index (χ0v) is 18.5. The van der Waals surface area contributed by atoms with E-state index in [1.807, 2.05) is 4.90 Å². The molecule has 9 heteroatoms. The van der Waals surface area contributed by atoms with Crippen LogP contribution in [0.5, 0.6) is 0 Å². The summed E-state index contributed by atoms with van der Waals surface area (Å²) in [4.78, 5) is 18.7. The number of hydrogen-bond donors (Lipinski definition) is 0. The van der Waals surface area contributed by atoms with Crippen LogP contribution in [0, 0.1) is 5.92 Å². The van der Waals surface area contributed by atoms with Crippen molar-refractivity contribution in [1.29, 1.82) is 0 Å². The lowest BCUT2D eigenvalue weighted by molar-refractivity contribution is -0.118. The summed E-state index contributed by atoms with van der Waals surface area (Å²) in [6.07, 6.45) is 6.21. The molecule has 3 fully saturated rings. The lowest BCUT2D eigenvalue weighted by Crippen LogP contribution is -2.38. The summed E-state index contributed by atoms with van der Waals surface area (Å²) >= 11 is 13.9. The number of sulfone groups is 1. The fraction of sp³-hybridized carbons (Fsp3) is 0.579. The Morgan fingerprint density at radius 2 is 1.96 bits per heavy atom. The Hall–Kier alpha value is -0.760. The van der Waals surface area contributed by atoms with Crippen LogP contribution >= 0.6 is 35.0 Å². The molecule has 28 heavy (non-hydrogen) atoms. The molecule has 0 radical (unpaired) electrons. The normalized spacial score (nSPS) is 28.2. The molecule has 0 spiro atoms. The third-order valence-corrected chi connectivity index (χ3v) is 9.74. The number of aliphatic imine (C=N–C) groups is 1. The summed E-state index contributed by atoms with van der Waals surface area (Å²) in [7, 11) is -3.12. The van der Waals surface area contributed by atoms with Gasteiger partial charge in [0, 0.05) is 11.7 Å². The number of halogens is 2. The van der Waals surface area contributed by atoms with Gasteiger partial charge in [-0.05, 0) is 24.5 Å². The molecule has 0 bridgehead atoms. The molecule has 5 nitrogen and oxygen atoms in total. The number of nitrogens with zero attached hydrogens (tertiary/aromatic N) is 2. The Morgan fingerprint density at radius 1 is 1.21 bits per heavy atom. The van der Waals surface area contributed by atoms with E-state index in [1.54, 1.807) is 18.2 Å². The molecule has 152 valence electrons. The summed E-state index contributed by atoms with van der Waals surface area (Å²) in [5, 5.41) is 1.12. The van der Waals surface area contributed by atoms with Gasteiger partial charge in [0.2, 0.25) is 5.91 Å². The number of amidine groups is 1. The van der Waals surface area contributed by atoms with Crippen LogP contribution in [-0.4, -0.2) is 42.3 Å². The predicted molar refractivity (Wildman–Crippen MR) is 116 cm³/mol. The molecule has 0 aromatic heterocycles. The van der Waals surface area contributed by atoms with Crippen LogP contribution in [0.3, 0.4) is 0 Å². The molecule has 2 heterocycles. The quantitative estimate of drug-likeness (QED) is 0.658. The van der Waals surface area contributed by atoms with Crippen molar-refractivity contribution in [2.75, 3.05) is 16.4 Å². The molecule has 2 atom stereocenters. The van der Waals surface area contributed by atoms with Gasteiger partial charge in [-0.15, -0.1) is 0 Å². The number of carbonyl (C=O) groups is 1. The Balaban J connectivity index is 1.60. The van der Waals surface area contributed by atoms with E-state index in [2.05, 4.69) is 4.99 Å². The van der Waals surface area contributed by atoms with Crippen molar-refractivity contribution in [3.05, 3.63) is 28.2 Å². The van der Waals surface area contributed by atoms with Crippen LogP contribution < -0.4 is 4.90 Å². The fourth-order valence-electron chi connectivity index (χ4n) is 4.31. The zero-order valence-electron chi connectivity index (χ0n) is 15.3. The number of benzene rings is 1. The fourth-order valence-corrected chi connectivity index (χ4v) is 8.62. The number of fused-ring (bicyclic) bond motifs is 1. The van der Waals surface area contributed by atoms with E-state index in [-0.39, 0.29) is 28.7 Å². The van der Waals surface area contributed by atoms with Crippen molar-refractivity contribution in [3.63, 3.8) is 0 Å². The number of thioether (sulfide) groups is 1. The number of amides is 1. The maximum absolute atomic E-state index is 12.5. The molecule has 0 N–H and O–H groups in total. The standard InChI is InChI=1S/C19H22Cl2N2O3S2/c20-13-6-3-7-14(18(13)21)23-15-10-28(25,26)11-16(15)27-19(23)22-17(24)9-8-12-4-1-2-5-12/h3,6-7,12,15-16H,1-2,4-5,8-11H2/t15-,16+/m0/s1. The van der Waals surface area contributed by atoms with Gasteiger partial charge >= 0.3 is 0 Å². The van der Waals surface area contributed by atoms with Gasteiger partial charge in [-0.2, -0.15) is 4.99 Å². The Morgan fingerprint density at radius 3 is 2.71 bits per heavy atom. The molecular formula is C19H22Cl2N2O3S2.